The van der Waals surface area contributed by atoms with Crippen LogP contribution in [-0.2, 0) is 14.3 Å². The second-order valence-corrected chi connectivity index (χ2v) is 5.35. The summed E-state index contributed by atoms with van der Waals surface area (Å²) < 4.78 is 53.3. The molecule has 5 nitrogen and oxygen atoms in total. The van der Waals surface area contributed by atoms with Gasteiger partial charge in [-0.2, -0.15) is 13.2 Å². The van der Waals surface area contributed by atoms with E-state index in [1.165, 1.54) is 12.1 Å². The Balaban J connectivity index is 1.84. The summed E-state index contributed by atoms with van der Waals surface area (Å²) in [6.07, 6.45) is -4.25. The quantitative estimate of drug-likeness (QED) is 0.613. The third-order valence-corrected chi connectivity index (χ3v) is 3.40. The predicted octanol–water partition coefficient (Wildman–Crippen LogP) is 2.34. The van der Waals surface area contributed by atoms with Crippen LogP contribution in [0.15, 0.2) is 18.2 Å². The number of alkyl halides is 3. The average molecular weight is 348 g/mol. The average Bonchev–Trinajstić information content (AvgIpc) is 2.48. The molecule has 0 saturated heterocycles. The Bertz CT molecular complexity index is 619. The van der Waals surface area contributed by atoms with Crippen molar-refractivity contribution in [2.45, 2.75) is 24.9 Å². The SMILES string of the molecule is O=C1C[C@@H](C(=O)NCCCOCC(F)(F)F)c2ccc(F)cc2N1. The van der Waals surface area contributed by atoms with Crippen LogP contribution in [0, 0.1) is 5.82 Å². The Morgan fingerprint density at radius 2 is 2.12 bits per heavy atom. The van der Waals surface area contributed by atoms with Gasteiger partial charge in [0.25, 0.3) is 0 Å². The first-order chi connectivity index (χ1) is 11.3. The molecule has 2 N–H and O–H groups in total. The Morgan fingerprint density at radius 1 is 1.38 bits per heavy atom. The van der Waals surface area contributed by atoms with Crippen LogP contribution in [0.3, 0.4) is 0 Å². The van der Waals surface area contributed by atoms with Gasteiger partial charge in [-0.25, -0.2) is 4.39 Å². The zero-order valence-corrected chi connectivity index (χ0v) is 12.6. The highest BCUT2D eigenvalue weighted by Crippen LogP contribution is 2.32. The topological polar surface area (TPSA) is 67.4 Å². The van der Waals surface area contributed by atoms with Gasteiger partial charge in [0.1, 0.15) is 12.4 Å². The minimum absolute atomic E-state index is 0.0744. The van der Waals surface area contributed by atoms with Crippen molar-refractivity contribution in [1.82, 2.24) is 5.32 Å². The third-order valence-electron chi connectivity index (χ3n) is 3.40. The number of rotatable bonds is 6. The number of nitrogens with one attached hydrogen (secondary N) is 2. The molecule has 0 bridgehead atoms. The molecule has 1 aliphatic heterocycles. The van der Waals surface area contributed by atoms with E-state index in [0.29, 0.717) is 5.56 Å². The molecule has 1 aromatic carbocycles. The third kappa shape index (κ3) is 5.19. The molecule has 2 rings (SSSR count). The summed E-state index contributed by atoms with van der Waals surface area (Å²) in [5.41, 5.74) is 0.752. The largest absolute Gasteiger partial charge is 0.411 e. The number of fused-ring (bicyclic) bond motifs is 1. The van der Waals surface area contributed by atoms with Crippen LogP contribution in [0.25, 0.3) is 0 Å². The van der Waals surface area contributed by atoms with Crippen LogP contribution in [0.1, 0.15) is 24.3 Å². The van der Waals surface area contributed by atoms with Crippen molar-refractivity contribution < 1.29 is 31.9 Å². The van der Waals surface area contributed by atoms with Crippen LogP contribution in [0.2, 0.25) is 0 Å². The van der Waals surface area contributed by atoms with Crippen molar-refractivity contribution in [2.24, 2.45) is 0 Å². The minimum Gasteiger partial charge on any atom is -0.372 e. The Kier molecular flexibility index (Phi) is 5.76. The number of hydrogen-bond acceptors (Lipinski definition) is 3. The van der Waals surface area contributed by atoms with E-state index < -0.39 is 36.3 Å². The van der Waals surface area contributed by atoms with Gasteiger partial charge in [-0.1, -0.05) is 6.07 Å². The van der Waals surface area contributed by atoms with Gasteiger partial charge >= 0.3 is 6.18 Å². The number of benzene rings is 1. The van der Waals surface area contributed by atoms with Crippen LogP contribution in [-0.4, -0.2) is 37.7 Å². The van der Waals surface area contributed by atoms with Crippen LogP contribution < -0.4 is 10.6 Å². The molecule has 1 heterocycles. The molecule has 0 aliphatic carbocycles. The van der Waals surface area contributed by atoms with Crippen LogP contribution in [0.5, 0.6) is 0 Å². The molecule has 0 spiro atoms. The lowest BCUT2D eigenvalue weighted by molar-refractivity contribution is -0.174. The molecule has 0 radical (unpaired) electrons. The Morgan fingerprint density at radius 3 is 2.83 bits per heavy atom. The second kappa shape index (κ2) is 7.61. The van der Waals surface area contributed by atoms with Gasteiger partial charge in [-0.3, -0.25) is 9.59 Å². The smallest absolute Gasteiger partial charge is 0.372 e. The summed E-state index contributed by atoms with van der Waals surface area (Å²) >= 11 is 0. The van der Waals surface area contributed by atoms with E-state index in [9.17, 15) is 27.2 Å². The monoisotopic (exact) mass is 348 g/mol. The molecule has 1 atom stereocenters. The fourth-order valence-electron chi connectivity index (χ4n) is 2.37. The summed E-state index contributed by atoms with van der Waals surface area (Å²) in [5.74, 6) is -2.13. The van der Waals surface area contributed by atoms with E-state index in [1.807, 2.05) is 0 Å². The number of anilines is 1. The zero-order chi connectivity index (χ0) is 17.7. The van der Waals surface area contributed by atoms with Crippen molar-refractivity contribution in [2.75, 3.05) is 25.1 Å². The van der Waals surface area contributed by atoms with E-state index in [-0.39, 0.29) is 31.7 Å². The van der Waals surface area contributed by atoms with Gasteiger partial charge in [-0.05, 0) is 24.1 Å². The van der Waals surface area contributed by atoms with Gasteiger partial charge in [0.2, 0.25) is 11.8 Å². The number of amides is 2. The minimum atomic E-state index is -4.38. The van der Waals surface area contributed by atoms with Gasteiger partial charge in [0.15, 0.2) is 0 Å². The summed E-state index contributed by atoms with van der Waals surface area (Å²) in [7, 11) is 0. The maximum Gasteiger partial charge on any atom is 0.411 e. The highest BCUT2D eigenvalue weighted by molar-refractivity contribution is 6.01. The van der Waals surface area contributed by atoms with E-state index in [1.54, 1.807) is 0 Å². The molecule has 1 aromatic rings. The van der Waals surface area contributed by atoms with Crippen LogP contribution >= 0.6 is 0 Å². The van der Waals surface area contributed by atoms with Gasteiger partial charge in [-0.15, -0.1) is 0 Å². The molecule has 1 aliphatic rings. The van der Waals surface area contributed by atoms with Gasteiger partial charge in [0.05, 0.1) is 5.92 Å². The van der Waals surface area contributed by atoms with Crippen molar-refractivity contribution >= 4 is 17.5 Å². The molecule has 0 aromatic heterocycles. The standard InChI is InChI=1S/C15H16F4N2O3/c16-9-2-3-10-11(7-13(22)21-12(10)6-9)14(23)20-4-1-5-24-8-15(17,18)19/h2-3,6,11H,1,4-5,7-8H2,(H,20,23)(H,21,22)/t11-/m1/s1. The van der Waals surface area contributed by atoms with E-state index >= 15 is 0 Å². The molecule has 0 fully saturated rings. The first-order valence-corrected chi connectivity index (χ1v) is 7.28. The number of carbonyl (C=O) groups excluding carboxylic acids is 2. The fourth-order valence-corrected chi connectivity index (χ4v) is 2.37. The number of ether oxygens (including phenoxy) is 1. The van der Waals surface area contributed by atoms with Gasteiger partial charge < -0.3 is 15.4 Å². The summed E-state index contributed by atoms with van der Waals surface area (Å²) in [6.45, 7) is -1.36. The first kappa shape index (κ1) is 18.2. The van der Waals surface area contributed by atoms with E-state index in [2.05, 4.69) is 15.4 Å². The lowest BCUT2D eigenvalue weighted by Gasteiger charge is -2.24. The van der Waals surface area contributed by atoms with Crippen molar-refractivity contribution in [1.29, 1.82) is 0 Å². The summed E-state index contributed by atoms with van der Waals surface area (Å²) in [6, 6.07) is 3.76. The zero-order valence-electron chi connectivity index (χ0n) is 12.6. The molecular weight excluding hydrogens is 332 g/mol. The lowest BCUT2D eigenvalue weighted by atomic mass is 9.89. The van der Waals surface area contributed by atoms with Crippen molar-refractivity contribution in [3.8, 4) is 0 Å². The molecule has 132 valence electrons. The number of halogens is 4. The number of carbonyl (C=O) groups is 2. The molecule has 0 unspecified atom stereocenters. The number of hydrogen-bond donors (Lipinski definition) is 2. The second-order valence-electron chi connectivity index (χ2n) is 5.35. The molecule has 24 heavy (non-hydrogen) atoms. The van der Waals surface area contributed by atoms with Gasteiger partial charge in [0, 0.05) is 25.3 Å². The fraction of sp³-hybridized carbons (Fsp3) is 0.467. The Hall–Kier alpha value is -2.16. The molecule has 9 heteroatoms. The lowest BCUT2D eigenvalue weighted by Crippen LogP contribution is -2.35. The summed E-state index contributed by atoms with van der Waals surface area (Å²) in [4.78, 5) is 23.8. The van der Waals surface area contributed by atoms with Crippen molar-refractivity contribution in [3.05, 3.63) is 29.6 Å². The summed E-state index contributed by atoms with van der Waals surface area (Å²) in [5, 5.41) is 5.05. The normalized spacial score (nSPS) is 17.2. The van der Waals surface area contributed by atoms with E-state index in [4.69, 9.17) is 0 Å². The van der Waals surface area contributed by atoms with Crippen LogP contribution in [0.4, 0.5) is 23.2 Å². The maximum atomic E-state index is 13.2. The highest BCUT2D eigenvalue weighted by atomic mass is 19.4. The van der Waals surface area contributed by atoms with E-state index in [0.717, 1.165) is 6.07 Å². The predicted molar refractivity (Wildman–Crippen MR) is 76.9 cm³/mol. The molecule has 0 saturated carbocycles. The van der Waals surface area contributed by atoms with Crippen molar-refractivity contribution in [3.63, 3.8) is 0 Å². The maximum absolute atomic E-state index is 13.2. The Labute approximate surface area is 135 Å². The highest BCUT2D eigenvalue weighted by Gasteiger charge is 2.31. The molecule has 2 amide bonds. The first-order valence-electron chi connectivity index (χ1n) is 7.28. The molecular formula is C15H16F4N2O3.